The third-order valence-electron chi connectivity index (χ3n) is 5.29. The first-order chi connectivity index (χ1) is 13.6. The van der Waals surface area contributed by atoms with Crippen LogP contribution in [0.5, 0.6) is 0 Å². The van der Waals surface area contributed by atoms with Crippen LogP contribution < -0.4 is 15.1 Å². The standard InChI is InChI=1S/C22H23N3O3/c26-20-7-3-13-24(20)17-11-9-16(10-12-17)15-23-22(28)18-5-1-2-6-19(18)25-14-4-8-21(25)27/h1-2,5-6,9-12H,3-4,7-8,13-15H2,(H,23,28). The van der Waals surface area contributed by atoms with Crippen molar-refractivity contribution >= 4 is 29.1 Å². The number of carbonyl (C=O) groups excluding carboxylic acids is 3. The molecule has 6 heteroatoms. The maximum atomic E-state index is 12.7. The smallest absolute Gasteiger partial charge is 0.253 e. The molecule has 0 radical (unpaired) electrons. The van der Waals surface area contributed by atoms with E-state index < -0.39 is 0 Å². The molecular formula is C22H23N3O3. The van der Waals surface area contributed by atoms with E-state index in [-0.39, 0.29) is 17.7 Å². The highest BCUT2D eigenvalue weighted by atomic mass is 16.2. The summed E-state index contributed by atoms with van der Waals surface area (Å²) in [5, 5.41) is 2.93. The minimum Gasteiger partial charge on any atom is -0.348 e. The Balaban J connectivity index is 1.42. The van der Waals surface area contributed by atoms with E-state index in [1.807, 2.05) is 36.4 Å². The van der Waals surface area contributed by atoms with E-state index in [4.69, 9.17) is 0 Å². The quantitative estimate of drug-likeness (QED) is 0.871. The maximum Gasteiger partial charge on any atom is 0.253 e. The lowest BCUT2D eigenvalue weighted by Crippen LogP contribution is -2.29. The van der Waals surface area contributed by atoms with E-state index >= 15 is 0 Å². The van der Waals surface area contributed by atoms with Crippen LogP contribution in [0.15, 0.2) is 48.5 Å². The number of nitrogens with one attached hydrogen (secondary N) is 1. The van der Waals surface area contributed by atoms with Crippen molar-refractivity contribution in [2.45, 2.75) is 32.2 Å². The van der Waals surface area contributed by atoms with Crippen LogP contribution in [0.2, 0.25) is 0 Å². The summed E-state index contributed by atoms with van der Waals surface area (Å²) in [4.78, 5) is 40.1. The molecule has 2 heterocycles. The second-order valence-electron chi connectivity index (χ2n) is 7.16. The zero-order valence-corrected chi connectivity index (χ0v) is 15.7. The number of hydrogen-bond acceptors (Lipinski definition) is 3. The molecule has 144 valence electrons. The normalized spacial score (nSPS) is 16.7. The fourth-order valence-electron chi connectivity index (χ4n) is 3.80. The van der Waals surface area contributed by atoms with Crippen molar-refractivity contribution in [2.75, 3.05) is 22.9 Å². The van der Waals surface area contributed by atoms with Gasteiger partial charge in [-0.1, -0.05) is 24.3 Å². The molecule has 1 N–H and O–H groups in total. The number of carbonyl (C=O) groups is 3. The number of amides is 3. The fraction of sp³-hybridized carbons (Fsp3) is 0.318. The number of nitrogens with zero attached hydrogens (tertiary/aromatic N) is 2. The maximum absolute atomic E-state index is 12.7. The monoisotopic (exact) mass is 377 g/mol. The molecule has 0 unspecified atom stereocenters. The highest BCUT2D eigenvalue weighted by Crippen LogP contribution is 2.25. The van der Waals surface area contributed by atoms with Gasteiger partial charge in [-0.3, -0.25) is 14.4 Å². The van der Waals surface area contributed by atoms with Crippen molar-refractivity contribution in [3.05, 3.63) is 59.7 Å². The van der Waals surface area contributed by atoms with Crippen molar-refractivity contribution in [1.29, 1.82) is 0 Å². The molecule has 0 bridgehead atoms. The summed E-state index contributed by atoms with van der Waals surface area (Å²) >= 11 is 0. The van der Waals surface area contributed by atoms with Gasteiger partial charge in [0.1, 0.15) is 0 Å². The summed E-state index contributed by atoms with van der Waals surface area (Å²) in [6, 6.07) is 14.9. The Labute approximate surface area is 164 Å². The van der Waals surface area contributed by atoms with Gasteiger partial charge in [0.2, 0.25) is 11.8 Å². The number of para-hydroxylation sites is 1. The van der Waals surface area contributed by atoms with Crippen molar-refractivity contribution in [3.63, 3.8) is 0 Å². The summed E-state index contributed by atoms with van der Waals surface area (Å²) < 4.78 is 0. The number of hydrogen-bond donors (Lipinski definition) is 1. The minimum atomic E-state index is -0.200. The van der Waals surface area contributed by atoms with Gasteiger partial charge in [-0.15, -0.1) is 0 Å². The van der Waals surface area contributed by atoms with Gasteiger partial charge in [-0.05, 0) is 42.7 Å². The van der Waals surface area contributed by atoms with Gasteiger partial charge in [0.15, 0.2) is 0 Å². The summed E-state index contributed by atoms with van der Waals surface area (Å²) in [6.07, 6.45) is 2.86. The van der Waals surface area contributed by atoms with Crippen LogP contribution in [0.3, 0.4) is 0 Å². The third kappa shape index (κ3) is 3.63. The van der Waals surface area contributed by atoms with Crippen LogP contribution in [-0.4, -0.2) is 30.8 Å². The zero-order valence-electron chi connectivity index (χ0n) is 15.7. The van der Waals surface area contributed by atoms with E-state index in [1.165, 1.54) is 0 Å². The molecule has 0 aliphatic carbocycles. The second-order valence-corrected chi connectivity index (χ2v) is 7.16. The first-order valence-corrected chi connectivity index (χ1v) is 9.70. The molecule has 2 saturated heterocycles. The molecule has 0 atom stereocenters. The van der Waals surface area contributed by atoms with Crippen LogP contribution in [0.1, 0.15) is 41.6 Å². The molecule has 4 rings (SSSR count). The lowest BCUT2D eigenvalue weighted by Gasteiger charge is -2.19. The first-order valence-electron chi connectivity index (χ1n) is 9.70. The lowest BCUT2D eigenvalue weighted by atomic mass is 10.1. The van der Waals surface area contributed by atoms with Gasteiger partial charge in [-0.2, -0.15) is 0 Å². The predicted molar refractivity (Wildman–Crippen MR) is 107 cm³/mol. The minimum absolute atomic E-state index is 0.0623. The Hall–Kier alpha value is -3.15. The largest absolute Gasteiger partial charge is 0.348 e. The molecule has 2 aromatic carbocycles. The Morgan fingerprint density at radius 3 is 2.14 bits per heavy atom. The van der Waals surface area contributed by atoms with E-state index in [9.17, 15) is 14.4 Å². The third-order valence-corrected chi connectivity index (χ3v) is 5.29. The Bertz CT molecular complexity index is 907. The number of rotatable bonds is 5. The van der Waals surface area contributed by atoms with E-state index in [2.05, 4.69) is 5.32 Å². The van der Waals surface area contributed by atoms with Gasteiger partial charge < -0.3 is 15.1 Å². The van der Waals surface area contributed by atoms with Gasteiger partial charge in [-0.25, -0.2) is 0 Å². The zero-order chi connectivity index (χ0) is 19.5. The molecule has 0 aromatic heterocycles. The first kappa shape index (κ1) is 18.2. The Morgan fingerprint density at radius 2 is 1.50 bits per heavy atom. The molecule has 28 heavy (non-hydrogen) atoms. The molecule has 2 fully saturated rings. The SMILES string of the molecule is O=C(NCc1ccc(N2CCCC2=O)cc1)c1ccccc1N1CCCC1=O. The Morgan fingerprint density at radius 1 is 0.857 bits per heavy atom. The Kier molecular flexibility index (Phi) is 5.10. The average molecular weight is 377 g/mol. The average Bonchev–Trinajstić information content (AvgIpc) is 3.34. The highest BCUT2D eigenvalue weighted by Gasteiger charge is 2.25. The molecule has 2 aromatic rings. The van der Waals surface area contributed by atoms with Crippen LogP contribution in [0.25, 0.3) is 0 Å². The number of anilines is 2. The van der Waals surface area contributed by atoms with Crippen LogP contribution in [0, 0.1) is 0 Å². The molecule has 3 amide bonds. The van der Waals surface area contributed by atoms with E-state index in [0.717, 1.165) is 30.6 Å². The van der Waals surface area contributed by atoms with Crippen molar-refractivity contribution in [1.82, 2.24) is 5.32 Å². The van der Waals surface area contributed by atoms with E-state index in [1.54, 1.807) is 21.9 Å². The fourth-order valence-corrected chi connectivity index (χ4v) is 3.80. The molecular weight excluding hydrogens is 354 g/mol. The van der Waals surface area contributed by atoms with E-state index in [0.29, 0.717) is 37.2 Å². The van der Waals surface area contributed by atoms with Crippen LogP contribution in [-0.2, 0) is 16.1 Å². The summed E-state index contributed by atoms with van der Waals surface area (Å²) in [5.74, 6) is 0.0236. The lowest BCUT2D eigenvalue weighted by molar-refractivity contribution is -0.117. The van der Waals surface area contributed by atoms with Gasteiger partial charge in [0, 0.05) is 38.2 Å². The van der Waals surface area contributed by atoms with Crippen LogP contribution in [0.4, 0.5) is 11.4 Å². The summed E-state index contributed by atoms with van der Waals surface area (Å²) in [5.41, 5.74) is 3.04. The van der Waals surface area contributed by atoms with Crippen molar-refractivity contribution in [2.24, 2.45) is 0 Å². The molecule has 6 nitrogen and oxygen atoms in total. The molecule has 2 aliphatic heterocycles. The van der Waals surface area contributed by atoms with Gasteiger partial charge >= 0.3 is 0 Å². The van der Waals surface area contributed by atoms with Gasteiger partial charge in [0.25, 0.3) is 5.91 Å². The number of benzene rings is 2. The summed E-state index contributed by atoms with van der Waals surface area (Å²) in [6.45, 7) is 1.80. The van der Waals surface area contributed by atoms with Crippen molar-refractivity contribution < 1.29 is 14.4 Å². The molecule has 0 saturated carbocycles. The predicted octanol–water partition coefficient (Wildman–Crippen LogP) is 2.87. The topological polar surface area (TPSA) is 69.7 Å². The molecule has 0 spiro atoms. The van der Waals surface area contributed by atoms with Crippen molar-refractivity contribution in [3.8, 4) is 0 Å². The second kappa shape index (κ2) is 7.84. The van der Waals surface area contributed by atoms with Crippen LogP contribution >= 0.6 is 0 Å². The highest BCUT2D eigenvalue weighted by molar-refractivity contribution is 6.05. The molecule has 2 aliphatic rings. The summed E-state index contributed by atoms with van der Waals surface area (Å²) in [7, 11) is 0. The van der Waals surface area contributed by atoms with Gasteiger partial charge in [0.05, 0.1) is 11.3 Å².